The molecule has 0 aromatic heterocycles. The van der Waals surface area contributed by atoms with Crippen molar-refractivity contribution in [3.8, 4) is 0 Å². The van der Waals surface area contributed by atoms with Gasteiger partial charge in [-0.2, -0.15) is 0 Å². The van der Waals surface area contributed by atoms with E-state index >= 15 is 0 Å². The van der Waals surface area contributed by atoms with E-state index in [2.05, 4.69) is 11.9 Å². The summed E-state index contributed by atoms with van der Waals surface area (Å²) in [5, 5.41) is 3.20. The minimum Gasteiger partial charge on any atom is -0.376 e. The molecule has 11 heavy (non-hydrogen) atoms. The Morgan fingerprint density at radius 1 is 1.64 bits per heavy atom. The van der Waals surface area contributed by atoms with Gasteiger partial charge in [-0.15, -0.1) is 6.58 Å². The smallest absolute Gasteiger partial charge is 0.0866 e. The van der Waals surface area contributed by atoms with Crippen LogP contribution in [0.2, 0.25) is 0 Å². The summed E-state index contributed by atoms with van der Waals surface area (Å²) < 4.78 is 5.48. The molecular weight excluding hydrogens is 138 g/mol. The zero-order valence-electron chi connectivity index (χ0n) is 7.39. The molecule has 1 fully saturated rings. The van der Waals surface area contributed by atoms with Gasteiger partial charge in [0.15, 0.2) is 0 Å². The third-order valence-corrected chi connectivity index (χ3v) is 2.72. The highest BCUT2D eigenvalue weighted by Gasteiger charge is 2.42. The maximum absolute atomic E-state index is 5.48. The molecule has 0 amide bonds. The molecule has 1 saturated carbocycles. The minimum absolute atomic E-state index is 0.0521. The average molecular weight is 155 g/mol. The highest BCUT2D eigenvalue weighted by atomic mass is 16.5. The number of nitrogens with one attached hydrogen (secondary N) is 1. The molecule has 0 heterocycles. The molecule has 2 nitrogen and oxygen atoms in total. The van der Waals surface area contributed by atoms with Crippen LogP contribution in [0.1, 0.15) is 19.3 Å². The maximum atomic E-state index is 5.48. The highest BCUT2D eigenvalue weighted by molar-refractivity contribution is 5.06. The van der Waals surface area contributed by atoms with Crippen molar-refractivity contribution in [3.63, 3.8) is 0 Å². The lowest BCUT2D eigenvalue weighted by atomic mass is 9.74. The van der Waals surface area contributed by atoms with Crippen LogP contribution in [-0.4, -0.2) is 25.8 Å². The van der Waals surface area contributed by atoms with E-state index in [4.69, 9.17) is 4.74 Å². The zero-order chi connectivity index (χ0) is 8.32. The van der Waals surface area contributed by atoms with Gasteiger partial charge in [0.2, 0.25) is 0 Å². The van der Waals surface area contributed by atoms with Gasteiger partial charge in [-0.1, -0.05) is 6.08 Å². The van der Waals surface area contributed by atoms with Crippen LogP contribution < -0.4 is 5.32 Å². The molecule has 0 radical (unpaired) electrons. The number of likely N-dealkylation sites (N-methyl/N-ethyl adjacent to an activating group) is 1. The van der Waals surface area contributed by atoms with E-state index in [0.717, 1.165) is 12.8 Å². The molecule has 2 heteroatoms. The van der Waals surface area contributed by atoms with Crippen molar-refractivity contribution < 1.29 is 4.74 Å². The van der Waals surface area contributed by atoms with Crippen molar-refractivity contribution in [1.82, 2.24) is 5.32 Å². The van der Waals surface area contributed by atoms with E-state index in [1.807, 2.05) is 13.1 Å². The number of rotatable bonds is 4. The third-order valence-electron chi connectivity index (χ3n) is 2.72. The van der Waals surface area contributed by atoms with E-state index in [0.29, 0.717) is 6.04 Å². The van der Waals surface area contributed by atoms with Crippen LogP contribution in [0.4, 0.5) is 0 Å². The van der Waals surface area contributed by atoms with Crippen LogP contribution >= 0.6 is 0 Å². The second kappa shape index (κ2) is 3.37. The van der Waals surface area contributed by atoms with Gasteiger partial charge in [0.25, 0.3) is 0 Å². The van der Waals surface area contributed by atoms with Gasteiger partial charge in [-0.05, 0) is 26.3 Å². The quantitative estimate of drug-likeness (QED) is 0.618. The van der Waals surface area contributed by atoms with Crippen molar-refractivity contribution >= 4 is 0 Å². The summed E-state index contributed by atoms with van der Waals surface area (Å²) in [5.74, 6) is 0. The number of methoxy groups -OCH3 is 1. The lowest BCUT2D eigenvalue weighted by Gasteiger charge is -2.45. The second-order valence-corrected chi connectivity index (χ2v) is 3.12. The molecule has 0 bridgehead atoms. The molecule has 0 aromatic carbocycles. The van der Waals surface area contributed by atoms with Crippen LogP contribution in [0.15, 0.2) is 12.7 Å². The topological polar surface area (TPSA) is 21.3 Å². The predicted molar refractivity (Wildman–Crippen MR) is 46.6 cm³/mol. The van der Waals surface area contributed by atoms with E-state index < -0.39 is 0 Å². The molecule has 1 N–H and O–H groups in total. The van der Waals surface area contributed by atoms with E-state index in [1.165, 1.54) is 6.42 Å². The van der Waals surface area contributed by atoms with E-state index in [9.17, 15) is 0 Å². The SMILES string of the molecule is C=CC(NC)C1(OC)CCC1. The molecule has 1 unspecified atom stereocenters. The molecule has 64 valence electrons. The zero-order valence-corrected chi connectivity index (χ0v) is 7.39. The Balaban J connectivity index is 2.58. The van der Waals surface area contributed by atoms with Gasteiger partial charge >= 0.3 is 0 Å². The van der Waals surface area contributed by atoms with Crippen molar-refractivity contribution in [2.24, 2.45) is 0 Å². The van der Waals surface area contributed by atoms with E-state index in [-0.39, 0.29) is 5.60 Å². The first-order valence-corrected chi connectivity index (χ1v) is 4.14. The summed E-state index contributed by atoms with van der Waals surface area (Å²) in [7, 11) is 3.73. The van der Waals surface area contributed by atoms with Crippen LogP contribution in [0.3, 0.4) is 0 Å². The lowest BCUT2D eigenvalue weighted by Crippen LogP contribution is -2.54. The van der Waals surface area contributed by atoms with E-state index in [1.54, 1.807) is 7.11 Å². The van der Waals surface area contributed by atoms with Gasteiger partial charge in [0, 0.05) is 7.11 Å². The number of ether oxygens (including phenoxy) is 1. The number of hydrogen-bond acceptors (Lipinski definition) is 2. The Hall–Kier alpha value is -0.340. The first-order chi connectivity index (χ1) is 5.29. The predicted octanol–water partition coefficient (Wildman–Crippen LogP) is 1.33. The second-order valence-electron chi connectivity index (χ2n) is 3.12. The summed E-state index contributed by atoms with van der Waals surface area (Å²) in [6.07, 6.45) is 5.52. The summed E-state index contributed by atoms with van der Waals surface area (Å²) in [6, 6.07) is 0.307. The first-order valence-electron chi connectivity index (χ1n) is 4.14. The molecule has 0 aliphatic heterocycles. The Labute approximate surface area is 68.6 Å². The maximum Gasteiger partial charge on any atom is 0.0866 e. The van der Waals surface area contributed by atoms with Gasteiger partial charge in [-0.25, -0.2) is 0 Å². The summed E-state index contributed by atoms with van der Waals surface area (Å²) in [6.45, 7) is 3.79. The molecule has 1 atom stereocenters. The standard InChI is InChI=1S/C9H17NO/c1-4-8(10-2)9(11-3)6-5-7-9/h4,8,10H,1,5-7H2,2-3H3. The fourth-order valence-electron chi connectivity index (χ4n) is 1.76. The largest absolute Gasteiger partial charge is 0.376 e. The Morgan fingerprint density at radius 2 is 2.27 bits per heavy atom. The van der Waals surface area contributed by atoms with Crippen molar-refractivity contribution in [2.45, 2.75) is 30.9 Å². The molecule has 1 aliphatic carbocycles. The molecule has 1 aliphatic rings. The highest BCUT2D eigenvalue weighted by Crippen LogP contribution is 2.38. The Bertz CT molecular complexity index is 135. The van der Waals surface area contributed by atoms with Crippen molar-refractivity contribution in [2.75, 3.05) is 14.2 Å². The molecule has 0 aromatic rings. The molecule has 1 rings (SSSR count). The van der Waals surface area contributed by atoms with Gasteiger partial charge in [0.05, 0.1) is 11.6 Å². The van der Waals surface area contributed by atoms with Crippen LogP contribution in [0, 0.1) is 0 Å². The summed E-state index contributed by atoms with van der Waals surface area (Å²) >= 11 is 0. The van der Waals surface area contributed by atoms with Crippen molar-refractivity contribution in [3.05, 3.63) is 12.7 Å². The van der Waals surface area contributed by atoms with Gasteiger partial charge in [0.1, 0.15) is 0 Å². The average Bonchev–Trinajstić information content (AvgIpc) is 1.96. The minimum atomic E-state index is 0.0521. The normalized spacial score (nSPS) is 23.8. The van der Waals surface area contributed by atoms with Gasteiger partial charge < -0.3 is 10.1 Å². The van der Waals surface area contributed by atoms with Crippen LogP contribution in [-0.2, 0) is 4.74 Å². The summed E-state index contributed by atoms with van der Waals surface area (Å²) in [5.41, 5.74) is 0.0521. The Kier molecular flexibility index (Phi) is 2.68. The third kappa shape index (κ3) is 1.33. The lowest BCUT2D eigenvalue weighted by molar-refractivity contribution is -0.0859. The fraction of sp³-hybridized carbons (Fsp3) is 0.778. The van der Waals surface area contributed by atoms with Crippen molar-refractivity contribution in [1.29, 1.82) is 0 Å². The monoisotopic (exact) mass is 155 g/mol. The van der Waals surface area contributed by atoms with Gasteiger partial charge in [-0.3, -0.25) is 0 Å². The fourth-order valence-corrected chi connectivity index (χ4v) is 1.76. The molecule has 0 saturated heterocycles. The Morgan fingerprint density at radius 3 is 2.36 bits per heavy atom. The first kappa shape index (κ1) is 8.75. The molecular formula is C9H17NO. The summed E-state index contributed by atoms with van der Waals surface area (Å²) in [4.78, 5) is 0. The van der Waals surface area contributed by atoms with Crippen LogP contribution in [0.25, 0.3) is 0 Å². The molecule has 0 spiro atoms. The van der Waals surface area contributed by atoms with Crippen LogP contribution in [0.5, 0.6) is 0 Å². The number of hydrogen-bond donors (Lipinski definition) is 1.